The summed E-state index contributed by atoms with van der Waals surface area (Å²) in [5, 5.41) is 21.7. The van der Waals surface area contributed by atoms with Crippen molar-refractivity contribution in [3.8, 4) is 0 Å². The van der Waals surface area contributed by atoms with Crippen LogP contribution in [-0.4, -0.2) is 34.2 Å². The number of aliphatic hydroxyl groups is 1. The van der Waals surface area contributed by atoms with Gasteiger partial charge >= 0.3 is 5.97 Å². The Morgan fingerprint density at radius 1 is 1.29 bits per heavy atom. The average Bonchev–Trinajstić information content (AvgIpc) is 2.31. The van der Waals surface area contributed by atoms with Crippen LogP contribution in [0.3, 0.4) is 0 Å². The van der Waals surface area contributed by atoms with Gasteiger partial charge in [-0.2, -0.15) is 0 Å². The summed E-state index contributed by atoms with van der Waals surface area (Å²) < 4.78 is 0. The first-order chi connectivity index (χ1) is 9.68. The Hall–Kier alpha value is -1.56. The van der Waals surface area contributed by atoms with Crippen LogP contribution in [0.25, 0.3) is 6.08 Å². The summed E-state index contributed by atoms with van der Waals surface area (Å²) in [4.78, 5) is 22.1. The molecule has 0 spiro atoms. The molecular weight excluding hydrogens is 317 g/mol. The van der Waals surface area contributed by atoms with Crippen molar-refractivity contribution in [2.45, 2.75) is 18.9 Å². The molecule has 0 aromatic heterocycles. The van der Waals surface area contributed by atoms with E-state index >= 15 is 0 Å². The van der Waals surface area contributed by atoms with Crippen LogP contribution in [0.1, 0.15) is 18.9 Å². The summed E-state index contributed by atoms with van der Waals surface area (Å²) in [5.74, 6) is -1.60. The molecule has 0 bridgehead atoms. The molecular formula is C14H15Cl2NO4. The zero-order valence-electron chi connectivity index (χ0n) is 11.3. The van der Waals surface area contributed by atoms with Crippen LogP contribution >= 0.6 is 23.2 Å². The molecule has 0 aliphatic rings. The van der Waals surface area contributed by atoms with Gasteiger partial charge < -0.3 is 15.5 Å². The van der Waals surface area contributed by atoms with Crippen molar-refractivity contribution in [2.75, 3.05) is 6.54 Å². The molecule has 21 heavy (non-hydrogen) atoms. The van der Waals surface area contributed by atoms with E-state index < -0.39 is 23.9 Å². The normalized spacial score (nSPS) is 13.9. The van der Waals surface area contributed by atoms with Crippen LogP contribution in [0.5, 0.6) is 0 Å². The highest BCUT2D eigenvalue weighted by Gasteiger charge is 2.24. The van der Waals surface area contributed by atoms with Gasteiger partial charge in [-0.3, -0.25) is 9.59 Å². The molecule has 1 unspecified atom stereocenters. The van der Waals surface area contributed by atoms with Crippen LogP contribution in [0.4, 0.5) is 0 Å². The van der Waals surface area contributed by atoms with E-state index in [4.69, 9.17) is 28.3 Å². The SMILES string of the molecule is CC(O)(CNC(=O)C=Cc1cc(Cl)cc(Cl)c1)CC(=O)O. The minimum Gasteiger partial charge on any atom is -0.481 e. The number of benzene rings is 1. The number of hydrogen-bond acceptors (Lipinski definition) is 3. The Bertz CT molecular complexity index is 550. The number of halogens is 2. The lowest BCUT2D eigenvalue weighted by Gasteiger charge is -2.20. The molecule has 7 heteroatoms. The lowest BCUT2D eigenvalue weighted by atomic mass is 10.0. The van der Waals surface area contributed by atoms with Gasteiger partial charge in [0.1, 0.15) is 0 Å². The van der Waals surface area contributed by atoms with Crippen molar-refractivity contribution in [2.24, 2.45) is 0 Å². The van der Waals surface area contributed by atoms with Crippen molar-refractivity contribution in [3.63, 3.8) is 0 Å². The minimum atomic E-state index is -1.51. The highest BCUT2D eigenvalue weighted by atomic mass is 35.5. The van der Waals surface area contributed by atoms with Crippen molar-refractivity contribution >= 4 is 41.2 Å². The number of nitrogens with one attached hydrogen (secondary N) is 1. The molecule has 114 valence electrons. The molecule has 0 saturated carbocycles. The second-order valence-corrected chi connectivity index (χ2v) is 5.69. The Morgan fingerprint density at radius 3 is 2.38 bits per heavy atom. The summed E-state index contributed by atoms with van der Waals surface area (Å²) in [5.41, 5.74) is -0.853. The molecule has 0 heterocycles. The molecule has 0 radical (unpaired) electrons. The highest BCUT2D eigenvalue weighted by molar-refractivity contribution is 6.34. The van der Waals surface area contributed by atoms with Crippen molar-refractivity contribution in [3.05, 3.63) is 39.9 Å². The molecule has 1 aromatic carbocycles. The summed E-state index contributed by atoms with van der Waals surface area (Å²) in [6.07, 6.45) is 2.30. The molecule has 1 aromatic rings. The molecule has 3 N–H and O–H groups in total. The Balaban J connectivity index is 2.57. The van der Waals surface area contributed by atoms with Gasteiger partial charge in [-0.25, -0.2) is 0 Å². The first-order valence-electron chi connectivity index (χ1n) is 6.04. The fourth-order valence-corrected chi connectivity index (χ4v) is 2.11. The van der Waals surface area contributed by atoms with Gasteiger partial charge in [-0.05, 0) is 36.8 Å². The highest BCUT2D eigenvalue weighted by Crippen LogP contribution is 2.19. The van der Waals surface area contributed by atoms with Crippen molar-refractivity contribution in [1.29, 1.82) is 0 Å². The Kier molecular flexibility index (Phi) is 6.20. The summed E-state index contributed by atoms with van der Waals surface area (Å²) in [6, 6.07) is 4.85. The van der Waals surface area contributed by atoms with Gasteiger partial charge in [-0.15, -0.1) is 0 Å². The fourth-order valence-electron chi connectivity index (χ4n) is 1.57. The van der Waals surface area contributed by atoms with Crippen LogP contribution in [0, 0.1) is 0 Å². The van der Waals surface area contributed by atoms with E-state index in [1.807, 2.05) is 0 Å². The molecule has 0 aliphatic carbocycles. The maximum Gasteiger partial charge on any atom is 0.306 e. The van der Waals surface area contributed by atoms with Gasteiger partial charge in [-0.1, -0.05) is 23.2 Å². The number of carbonyl (C=O) groups excluding carboxylic acids is 1. The van der Waals surface area contributed by atoms with Crippen LogP contribution in [-0.2, 0) is 9.59 Å². The van der Waals surface area contributed by atoms with Gasteiger partial charge in [0.25, 0.3) is 0 Å². The number of carboxylic acid groups (broad SMARTS) is 1. The van der Waals surface area contributed by atoms with Gasteiger partial charge in [0.15, 0.2) is 0 Å². The molecule has 0 fully saturated rings. The van der Waals surface area contributed by atoms with Gasteiger partial charge in [0.05, 0.1) is 12.0 Å². The molecule has 1 rings (SSSR count). The first-order valence-corrected chi connectivity index (χ1v) is 6.80. The molecule has 5 nitrogen and oxygen atoms in total. The number of carbonyl (C=O) groups is 2. The summed E-state index contributed by atoms with van der Waals surface area (Å²) in [7, 11) is 0. The molecule has 1 atom stereocenters. The predicted molar refractivity (Wildman–Crippen MR) is 81.4 cm³/mol. The topological polar surface area (TPSA) is 86.6 Å². The van der Waals surface area contributed by atoms with Gasteiger partial charge in [0, 0.05) is 22.7 Å². The number of carboxylic acids is 1. The van der Waals surface area contributed by atoms with E-state index in [-0.39, 0.29) is 6.54 Å². The predicted octanol–water partition coefficient (Wildman–Crippen LogP) is 2.35. The Labute approximate surface area is 132 Å². The number of rotatable bonds is 6. The second-order valence-electron chi connectivity index (χ2n) is 4.82. The third kappa shape index (κ3) is 7.13. The summed E-state index contributed by atoms with van der Waals surface area (Å²) in [6.45, 7) is 1.17. The van der Waals surface area contributed by atoms with Crippen LogP contribution in [0.2, 0.25) is 10.0 Å². The van der Waals surface area contributed by atoms with E-state index in [0.29, 0.717) is 15.6 Å². The quantitative estimate of drug-likeness (QED) is 0.698. The van der Waals surface area contributed by atoms with Gasteiger partial charge in [0.2, 0.25) is 5.91 Å². The fraction of sp³-hybridized carbons (Fsp3) is 0.286. The zero-order valence-corrected chi connectivity index (χ0v) is 12.8. The summed E-state index contributed by atoms with van der Waals surface area (Å²) >= 11 is 11.7. The average molecular weight is 332 g/mol. The molecule has 0 aliphatic heterocycles. The second kappa shape index (κ2) is 7.45. The van der Waals surface area contributed by atoms with Crippen LogP contribution in [0.15, 0.2) is 24.3 Å². The third-order valence-electron chi connectivity index (χ3n) is 2.49. The smallest absolute Gasteiger partial charge is 0.306 e. The zero-order chi connectivity index (χ0) is 16.0. The maximum absolute atomic E-state index is 11.6. The first kappa shape index (κ1) is 17.5. The molecule has 1 amide bonds. The number of hydrogen-bond donors (Lipinski definition) is 3. The standard InChI is InChI=1S/C14H15Cl2NO4/c1-14(21,7-13(19)20)8-17-12(18)3-2-9-4-10(15)6-11(16)5-9/h2-6,21H,7-8H2,1H3,(H,17,18)(H,19,20). The van der Waals surface area contributed by atoms with E-state index in [9.17, 15) is 14.7 Å². The van der Waals surface area contributed by atoms with Crippen LogP contribution < -0.4 is 5.32 Å². The number of amides is 1. The monoisotopic (exact) mass is 331 g/mol. The number of aliphatic carboxylic acids is 1. The largest absolute Gasteiger partial charge is 0.481 e. The van der Waals surface area contributed by atoms with E-state index in [2.05, 4.69) is 5.32 Å². The maximum atomic E-state index is 11.6. The molecule has 0 saturated heterocycles. The van der Waals surface area contributed by atoms with Crippen molar-refractivity contribution in [1.82, 2.24) is 5.32 Å². The Morgan fingerprint density at radius 2 is 1.86 bits per heavy atom. The third-order valence-corrected chi connectivity index (χ3v) is 2.92. The van der Waals surface area contributed by atoms with Crippen molar-refractivity contribution < 1.29 is 19.8 Å². The lowest BCUT2D eigenvalue weighted by Crippen LogP contribution is -2.41. The minimum absolute atomic E-state index is 0.168. The van der Waals surface area contributed by atoms with E-state index in [1.165, 1.54) is 19.1 Å². The van der Waals surface area contributed by atoms with E-state index in [0.717, 1.165) is 0 Å². The lowest BCUT2D eigenvalue weighted by molar-refractivity contribution is -0.142. The van der Waals surface area contributed by atoms with E-state index in [1.54, 1.807) is 18.2 Å².